The largest absolute Gasteiger partial charge is 0.339 e. The highest BCUT2D eigenvalue weighted by Gasteiger charge is 2.34. The van der Waals surface area contributed by atoms with Crippen molar-refractivity contribution in [2.24, 2.45) is 5.73 Å². The smallest absolute Gasteiger partial charge is 0.226 e. The van der Waals surface area contributed by atoms with Gasteiger partial charge in [0.05, 0.1) is 5.54 Å². The van der Waals surface area contributed by atoms with Gasteiger partial charge < -0.3 is 10.3 Å². The van der Waals surface area contributed by atoms with Gasteiger partial charge in [-0.3, -0.25) is 0 Å². The molecule has 0 radical (unpaired) electrons. The van der Waals surface area contributed by atoms with Crippen molar-refractivity contribution < 1.29 is 4.52 Å². The Balaban J connectivity index is 2.19. The summed E-state index contributed by atoms with van der Waals surface area (Å²) >= 11 is 1.94. The van der Waals surface area contributed by atoms with Crippen molar-refractivity contribution in [1.29, 1.82) is 0 Å². The molecule has 1 aliphatic rings. The summed E-state index contributed by atoms with van der Waals surface area (Å²) in [5, 5.41) is 3.96. The maximum absolute atomic E-state index is 6.25. The van der Waals surface area contributed by atoms with Crippen LogP contribution in [0.3, 0.4) is 0 Å². The first-order valence-corrected chi connectivity index (χ1v) is 6.10. The molecule has 5 heteroatoms. The highest BCUT2D eigenvalue weighted by molar-refractivity contribution is 7.99. The molecule has 0 spiro atoms. The second-order valence-corrected chi connectivity index (χ2v) is 4.86. The van der Waals surface area contributed by atoms with E-state index in [1.807, 2.05) is 18.7 Å². The summed E-state index contributed by atoms with van der Waals surface area (Å²) < 4.78 is 5.08. The first kappa shape index (κ1) is 9.98. The van der Waals surface area contributed by atoms with Crippen LogP contribution in [0.1, 0.15) is 31.5 Å². The Hall–Kier alpha value is -0.550. The molecule has 2 heterocycles. The van der Waals surface area contributed by atoms with Crippen molar-refractivity contribution in [2.45, 2.75) is 31.7 Å². The normalized spacial score (nSPS) is 21.0. The lowest BCUT2D eigenvalue weighted by Gasteiger charge is -2.29. The van der Waals surface area contributed by atoms with Gasteiger partial charge in [0, 0.05) is 6.42 Å². The molecule has 14 heavy (non-hydrogen) atoms. The van der Waals surface area contributed by atoms with Crippen LogP contribution in [0.2, 0.25) is 0 Å². The number of hydrogen-bond acceptors (Lipinski definition) is 5. The molecule has 1 fully saturated rings. The Bertz CT molecular complexity index is 307. The molecule has 0 saturated carbocycles. The molecule has 0 aromatic carbocycles. The monoisotopic (exact) mass is 213 g/mol. The van der Waals surface area contributed by atoms with Gasteiger partial charge in [-0.1, -0.05) is 12.1 Å². The minimum atomic E-state index is -0.345. The van der Waals surface area contributed by atoms with E-state index in [0.29, 0.717) is 11.7 Å². The van der Waals surface area contributed by atoms with Crippen molar-refractivity contribution >= 4 is 11.8 Å². The molecule has 0 amide bonds. The average Bonchev–Trinajstić information content (AvgIpc) is 2.67. The summed E-state index contributed by atoms with van der Waals surface area (Å²) in [6.07, 6.45) is 2.67. The Morgan fingerprint density at radius 1 is 1.50 bits per heavy atom. The van der Waals surface area contributed by atoms with Crippen molar-refractivity contribution in [3.05, 3.63) is 11.7 Å². The van der Waals surface area contributed by atoms with Crippen molar-refractivity contribution in [1.82, 2.24) is 10.1 Å². The number of thioether (sulfide) groups is 1. The number of nitrogens with two attached hydrogens (primary N) is 1. The second-order valence-electron chi connectivity index (χ2n) is 3.63. The van der Waals surface area contributed by atoms with Crippen LogP contribution in [0.4, 0.5) is 0 Å². The fraction of sp³-hybridized carbons (Fsp3) is 0.778. The van der Waals surface area contributed by atoms with Gasteiger partial charge in [0.2, 0.25) is 5.89 Å². The molecule has 0 unspecified atom stereocenters. The molecular formula is C9H15N3OS. The van der Waals surface area contributed by atoms with Gasteiger partial charge in [-0.2, -0.15) is 16.7 Å². The van der Waals surface area contributed by atoms with Gasteiger partial charge >= 0.3 is 0 Å². The van der Waals surface area contributed by atoms with Crippen molar-refractivity contribution in [3.63, 3.8) is 0 Å². The molecule has 0 atom stereocenters. The lowest BCUT2D eigenvalue weighted by atomic mass is 9.93. The Morgan fingerprint density at radius 2 is 2.21 bits per heavy atom. The van der Waals surface area contributed by atoms with Gasteiger partial charge in [-0.05, 0) is 24.3 Å². The van der Waals surface area contributed by atoms with Crippen LogP contribution in [0.25, 0.3) is 0 Å². The van der Waals surface area contributed by atoms with Gasteiger partial charge in [0.1, 0.15) is 0 Å². The van der Waals surface area contributed by atoms with Crippen molar-refractivity contribution in [3.8, 4) is 0 Å². The fourth-order valence-corrected chi connectivity index (χ4v) is 2.78. The van der Waals surface area contributed by atoms with Crippen molar-refractivity contribution in [2.75, 3.05) is 11.5 Å². The van der Waals surface area contributed by atoms with E-state index >= 15 is 0 Å². The molecule has 1 aromatic heterocycles. The summed E-state index contributed by atoms with van der Waals surface area (Å²) in [5.74, 6) is 3.55. The Kier molecular flexibility index (Phi) is 2.78. The fourth-order valence-electron chi connectivity index (χ4n) is 1.56. The van der Waals surface area contributed by atoms with E-state index in [2.05, 4.69) is 10.1 Å². The zero-order valence-corrected chi connectivity index (χ0v) is 9.14. The van der Waals surface area contributed by atoms with E-state index < -0.39 is 0 Å². The SMILES string of the molecule is CCc1nc(C2(N)CCSCC2)no1. The molecule has 4 nitrogen and oxygen atoms in total. The van der Waals surface area contributed by atoms with Crippen LogP contribution < -0.4 is 5.73 Å². The molecule has 0 aliphatic carbocycles. The quantitative estimate of drug-likeness (QED) is 0.802. The zero-order chi connectivity index (χ0) is 10.0. The van der Waals surface area contributed by atoms with E-state index in [0.717, 1.165) is 30.8 Å². The van der Waals surface area contributed by atoms with Crippen LogP contribution in [-0.2, 0) is 12.0 Å². The predicted molar refractivity (Wildman–Crippen MR) is 56.1 cm³/mol. The topological polar surface area (TPSA) is 64.9 Å². The van der Waals surface area contributed by atoms with Crippen LogP contribution >= 0.6 is 11.8 Å². The van der Waals surface area contributed by atoms with E-state index in [9.17, 15) is 0 Å². The van der Waals surface area contributed by atoms with Gasteiger partial charge in [-0.15, -0.1) is 0 Å². The van der Waals surface area contributed by atoms with Gasteiger partial charge in [0.25, 0.3) is 0 Å². The van der Waals surface area contributed by atoms with E-state index in [1.54, 1.807) is 0 Å². The average molecular weight is 213 g/mol. The van der Waals surface area contributed by atoms with Crippen LogP contribution in [0, 0.1) is 0 Å². The van der Waals surface area contributed by atoms with E-state index in [-0.39, 0.29) is 5.54 Å². The Labute approximate surface area is 87.6 Å². The predicted octanol–water partition coefficient (Wildman–Crippen LogP) is 1.31. The maximum atomic E-state index is 6.25. The number of hydrogen-bond donors (Lipinski definition) is 1. The number of nitrogens with zero attached hydrogens (tertiary/aromatic N) is 2. The highest BCUT2D eigenvalue weighted by atomic mass is 32.2. The van der Waals surface area contributed by atoms with Crippen LogP contribution in [0.15, 0.2) is 4.52 Å². The summed E-state index contributed by atoms with van der Waals surface area (Å²) in [4.78, 5) is 4.31. The first-order valence-electron chi connectivity index (χ1n) is 4.94. The summed E-state index contributed by atoms with van der Waals surface area (Å²) in [7, 11) is 0. The summed E-state index contributed by atoms with van der Waals surface area (Å²) in [5.41, 5.74) is 5.91. The van der Waals surface area contributed by atoms with Crippen LogP contribution in [-0.4, -0.2) is 21.6 Å². The minimum absolute atomic E-state index is 0.345. The minimum Gasteiger partial charge on any atom is -0.339 e. The molecule has 1 aromatic rings. The van der Waals surface area contributed by atoms with E-state index in [4.69, 9.17) is 10.3 Å². The Morgan fingerprint density at radius 3 is 2.79 bits per heavy atom. The van der Waals surface area contributed by atoms with E-state index in [1.165, 1.54) is 0 Å². The number of rotatable bonds is 2. The lowest BCUT2D eigenvalue weighted by molar-refractivity contribution is 0.336. The third kappa shape index (κ3) is 1.79. The molecular weight excluding hydrogens is 198 g/mol. The molecule has 0 bridgehead atoms. The lowest BCUT2D eigenvalue weighted by Crippen LogP contribution is -2.41. The first-order chi connectivity index (χ1) is 6.74. The van der Waals surface area contributed by atoms with Gasteiger partial charge in [-0.25, -0.2) is 0 Å². The zero-order valence-electron chi connectivity index (χ0n) is 8.32. The maximum Gasteiger partial charge on any atom is 0.226 e. The molecule has 2 rings (SSSR count). The standard InChI is InChI=1S/C9H15N3OS/c1-2-7-11-8(12-13-7)9(10)3-5-14-6-4-9/h2-6,10H2,1H3. The number of aryl methyl sites for hydroxylation is 1. The second kappa shape index (κ2) is 3.90. The molecule has 1 saturated heterocycles. The number of aromatic nitrogens is 2. The van der Waals surface area contributed by atoms with Crippen LogP contribution in [0.5, 0.6) is 0 Å². The molecule has 1 aliphatic heterocycles. The van der Waals surface area contributed by atoms with Gasteiger partial charge in [0.15, 0.2) is 5.82 Å². The molecule has 78 valence electrons. The highest BCUT2D eigenvalue weighted by Crippen LogP contribution is 2.31. The summed E-state index contributed by atoms with van der Waals surface area (Å²) in [6.45, 7) is 2.00. The third-order valence-corrected chi connectivity index (χ3v) is 3.59. The third-order valence-electron chi connectivity index (χ3n) is 2.60. The summed E-state index contributed by atoms with van der Waals surface area (Å²) in [6, 6.07) is 0. The molecule has 2 N–H and O–H groups in total.